The molecular weight excluding hydrogens is 264 g/mol. The summed E-state index contributed by atoms with van der Waals surface area (Å²) in [5.41, 5.74) is 0.686. The Labute approximate surface area is 117 Å². The van der Waals surface area contributed by atoms with Crippen molar-refractivity contribution in [3.8, 4) is 5.75 Å². The summed E-state index contributed by atoms with van der Waals surface area (Å²) in [5, 5.41) is 14.1. The van der Waals surface area contributed by atoms with Crippen LogP contribution in [0.1, 0.15) is 5.56 Å². The van der Waals surface area contributed by atoms with E-state index in [0.717, 1.165) is 18.7 Å². The molecule has 1 aromatic carbocycles. The zero-order chi connectivity index (χ0) is 14.4. The van der Waals surface area contributed by atoms with Crippen LogP contribution in [-0.2, 0) is 16.1 Å². The molecule has 1 heterocycles. The van der Waals surface area contributed by atoms with E-state index in [4.69, 9.17) is 14.2 Å². The summed E-state index contributed by atoms with van der Waals surface area (Å²) in [6, 6.07) is 4.81. The van der Waals surface area contributed by atoms with Crippen molar-refractivity contribution < 1.29 is 19.1 Å². The predicted molar refractivity (Wildman–Crippen MR) is 71.9 cm³/mol. The van der Waals surface area contributed by atoms with E-state index in [-0.39, 0.29) is 17.5 Å². The van der Waals surface area contributed by atoms with Crippen molar-refractivity contribution in [1.29, 1.82) is 0 Å². The fourth-order valence-corrected chi connectivity index (χ4v) is 2.00. The van der Waals surface area contributed by atoms with E-state index in [1.165, 1.54) is 13.2 Å². The molecule has 1 aliphatic heterocycles. The number of nitrogens with zero attached hydrogens (tertiary/aromatic N) is 1. The Morgan fingerprint density at radius 3 is 3.05 bits per heavy atom. The van der Waals surface area contributed by atoms with Gasteiger partial charge in [0.25, 0.3) is 0 Å². The van der Waals surface area contributed by atoms with E-state index >= 15 is 0 Å². The van der Waals surface area contributed by atoms with Gasteiger partial charge in [-0.05, 0) is 11.6 Å². The van der Waals surface area contributed by atoms with Crippen LogP contribution in [0.5, 0.6) is 5.75 Å². The number of hydrogen-bond donors (Lipinski definition) is 1. The van der Waals surface area contributed by atoms with E-state index in [1.54, 1.807) is 12.1 Å². The first-order chi connectivity index (χ1) is 9.70. The lowest BCUT2D eigenvalue weighted by Crippen LogP contribution is -2.40. The van der Waals surface area contributed by atoms with Crippen LogP contribution in [0.25, 0.3) is 0 Å². The maximum absolute atomic E-state index is 10.9. The summed E-state index contributed by atoms with van der Waals surface area (Å²) in [6.07, 6.45) is 0.0389. The quantitative estimate of drug-likeness (QED) is 0.621. The lowest BCUT2D eigenvalue weighted by atomic mass is 10.2. The molecule has 1 saturated heterocycles. The molecule has 7 nitrogen and oxygen atoms in total. The second-order valence-electron chi connectivity index (χ2n) is 4.48. The minimum atomic E-state index is -0.462. The topological polar surface area (TPSA) is 82.9 Å². The number of ether oxygens (including phenoxy) is 3. The molecule has 1 atom stereocenters. The first-order valence-electron chi connectivity index (χ1n) is 6.42. The average Bonchev–Trinajstić information content (AvgIpc) is 2.48. The number of nitrogens with one attached hydrogen (secondary N) is 1. The average molecular weight is 282 g/mol. The van der Waals surface area contributed by atoms with E-state index in [2.05, 4.69) is 5.32 Å². The van der Waals surface area contributed by atoms with Gasteiger partial charge < -0.3 is 19.5 Å². The number of morpholine rings is 1. The maximum atomic E-state index is 10.9. The second kappa shape index (κ2) is 7.18. The van der Waals surface area contributed by atoms with Crippen LogP contribution in [0.4, 0.5) is 5.69 Å². The van der Waals surface area contributed by atoms with Gasteiger partial charge in [-0.15, -0.1) is 0 Å². The first kappa shape index (κ1) is 14.7. The van der Waals surface area contributed by atoms with Crippen molar-refractivity contribution in [3.63, 3.8) is 0 Å². The molecule has 0 amide bonds. The highest BCUT2D eigenvalue weighted by Crippen LogP contribution is 2.27. The van der Waals surface area contributed by atoms with Gasteiger partial charge in [0.15, 0.2) is 5.75 Å². The molecule has 0 spiro atoms. The summed E-state index contributed by atoms with van der Waals surface area (Å²) < 4.78 is 16.0. The highest BCUT2D eigenvalue weighted by Gasteiger charge is 2.16. The van der Waals surface area contributed by atoms with Gasteiger partial charge in [0, 0.05) is 19.2 Å². The molecule has 7 heteroatoms. The number of hydrogen-bond acceptors (Lipinski definition) is 6. The van der Waals surface area contributed by atoms with Crippen LogP contribution in [0.15, 0.2) is 18.2 Å². The summed E-state index contributed by atoms with van der Waals surface area (Å²) in [4.78, 5) is 10.4. The highest BCUT2D eigenvalue weighted by atomic mass is 16.6. The molecule has 0 aromatic heterocycles. The number of nitro groups is 1. The molecule has 0 aliphatic carbocycles. The van der Waals surface area contributed by atoms with Crippen molar-refractivity contribution in [2.24, 2.45) is 0 Å². The minimum Gasteiger partial charge on any atom is -0.490 e. The summed E-state index contributed by atoms with van der Waals surface area (Å²) >= 11 is 0. The highest BCUT2D eigenvalue weighted by molar-refractivity contribution is 5.48. The SMILES string of the molecule is COc1ccc(COCC2CNCCO2)cc1[N+](=O)[O-]. The zero-order valence-electron chi connectivity index (χ0n) is 11.3. The van der Waals surface area contributed by atoms with Crippen LogP contribution >= 0.6 is 0 Å². The van der Waals surface area contributed by atoms with Crippen LogP contribution in [0, 0.1) is 10.1 Å². The Morgan fingerprint density at radius 1 is 1.55 bits per heavy atom. The maximum Gasteiger partial charge on any atom is 0.311 e. The van der Waals surface area contributed by atoms with E-state index in [9.17, 15) is 10.1 Å². The predicted octanol–water partition coefficient (Wildman–Crippen LogP) is 1.11. The Bertz CT molecular complexity index is 460. The lowest BCUT2D eigenvalue weighted by molar-refractivity contribution is -0.385. The van der Waals surface area contributed by atoms with E-state index in [1.807, 2.05) is 0 Å². The molecule has 1 aromatic rings. The van der Waals surface area contributed by atoms with Crippen molar-refractivity contribution in [3.05, 3.63) is 33.9 Å². The van der Waals surface area contributed by atoms with Crippen molar-refractivity contribution >= 4 is 5.69 Å². The normalized spacial score (nSPS) is 18.8. The smallest absolute Gasteiger partial charge is 0.311 e. The molecule has 1 N–H and O–H groups in total. The Balaban J connectivity index is 1.89. The summed E-state index contributed by atoms with van der Waals surface area (Å²) in [6.45, 7) is 3.09. The lowest BCUT2D eigenvalue weighted by Gasteiger charge is -2.23. The second-order valence-corrected chi connectivity index (χ2v) is 4.48. The van der Waals surface area contributed by atoms with Gasteiger partial charge >= 0.3 is 5.69 Å². The van der Waals surface area contributed by atoms with Gasteiger partial charge in [-0.1, -0.05) is 6.07 Å². The number of benzene rings is 1. The standard InChI is InChI=1S/C13H18N2O5/c1-18-13-3-2-10(6-12(13)15(16)17)8-19-9-11-7-14-4-5-20-11/h2-3,6,11,14H,4-5,7-9H2,1H3. The van der Waals surface area contributed by atoms with Crippen LogP contribution in [0.2, 0.25) is 0 Å². The van der Waals surface area contributed by atoms with Gasteiger partial charge in [-0.3, -0.25) is 10.1 Å². The van der Waals surface area contributed by atoms with Gasteiger partial charge in [0.05, 0.1) is 38.0 Å². The van der Waals surface area contributed by atoms with Crippen molar-refractivity contribution in [2.75, 3.05) is 33.4 Å². The van der Waals surface area contributed by atoms with E-state index < -0.39 is 4.92 Å². The number of rotatable bonds is 6. The summed E-state index contributed by atoms with van der Waals surface area (Å²) in [5.74, 6) is 0.249. The Hall–Kier alpha value is -1.70. The van der Waals surface area contributed by atoms with Crippen LogP contribution in [0.3, 0.4) is 0 Å². The van der Waals surface area contributed by atoms with Crippen LogP contribution in [-0.4, -0.2) is 44.4 Å². The summed E-state index contributed by atoms with van der Waals surface area (Å²) in [7, 11) is 1.41. The number of methoxy groups -OCH3 is 1. The molecule has 0 saturated carbocycles. The third-order valence-corrected chi connectivity index (χ3v) is 3.02. The minimum absolute atomic E-state index is 0.0389. The first-order valence-corrected chi connectivity index (χ1v) is 6.42. The molecule has 1 fully saturated rings. The Kier molecular flexibility index (Phi) is 5.28. The molecular formula is C13H18N2O5. The Morgan fingerprint density at radius 2 is 2.40 bits per heavy atom. The molecule has 110 valence electrons. The van der Waals surface area contributed by atoms with Gasteiger partial charge in [-0.25, -0.2) is 0 Å². The molecule has 20 heavy (non-hydrogen) atoms. The molecule has 0 bridgehead atoms. The van der Waals surface area contributed by atoms with Gasteiger partial charge in [0.2, 0.25) is 0 Å². The van der Waals surface area contributed by atoms with E-state index in [0.29, 0.717) is 19.8 Å². The monoisotopic (exact) mass is 282 g/mol. The molecule has 0 radical (unpaired) electrons. The molecule has 2 rings (SSSR count). The largest absolute Gasteiger partial charge is 0.490 e. The van der Waals surface area contributed by atoms with Crippen molar-refractivity contribution in [1.82, 2.24) is 5.32 Å². The zero-order valence-corrected chi connectivity index (χ0v) is 11.3. The van der Waals surface area contributed by atoms with Gasteiger partial charge in [0.1, 0.15) is 0 Å². The third kappa shape index (κ3) is 3.89. The molecule has 1 aliphatic rings. The fraction of sp³-hybridized carbons (Fsp3) is 0.538. The van der Waals surface area contributed by atoms with Crippen LogP contribution < -0.4 is 10.1 Å². The van der Waals surface area contributed by atoms with Crippen molar-refractivity contribution in [2.45, 2.75) is 12.7 Å². The number of nitro benzene ring substituents is 1. The fourth-order valence-electron chi connectivity index (χ4n) is 2.00. The molecule has 1 unspecified atom stereocenters. The van der Waals surface area contributed by atoms with Gasteiger partial charge in [-0.2, -0.15) is 0 Å². The third-order valence-electron chi connectivity index (χ3n) is 3.02.